The van der Waals surface area contributed by atoms with Gasteiger partial charge in [-0.3, -0.25) is 0 Å². The molecule has 1 N–H and O–H groups in total. The lowest BCUT2D eigenvalue weighted by molar-refractivity contribution is 0.712. The molecule has 0 aliphatic heterocycles. The fraction of sp³-hybridized carbons (Fsp3) is 0.133. The van der Waals surface area contributed by atoms with Gasteiger partial charge in [-0.1, -0.05) is 59.7 Å². The van der Waals surface area contributed by atoms with Crippen LogP contribution in [-0.4, -0.2) is 20.2 Å². The number of nitrogens with zero attached hydrogens (tertiary/aromatic N) is 4. The SMILES string of the molecule is Cn1nnnc1NCc1ccc(-c2ccccc2)cc1. The average molecular weight is 265 g/mol. The van der Waals surface area contributed by atoms with Crippen LogP contribution >= 0.6 is 0 Å². The van der Waals surface area contributed by atoms with Crippen molar-refractivity contribution in [3.63, 3.8) is 0 Å². The van der Waals surface area contributed by atoms with Crippen molar-refractivity contribution in [2.45, 2.75) is 6.54 Å². The van der Waals surface area contributed by atoms with Gasteiger partial charge in [-0.05, 0) is 27.1 Å². The predicted molar refractivity (Wildman–Crippen MR) is 78.0 cm³/mol. The van der Waals surface area contributed by atoms with Gasteiger partial charge in [0.15, 0.2) is 0 Å². The van der Waals surface area contributed by atoms with Crippen LogP contribution in [0.15, 0.2) is 54.6 Å². The molecule has 0 aliphatic carbocycles. The van der Waals surface area contributed by atoms with Crippen LogP contribution in [0.2, 0.25) is 0 Å². The summed E-state index contributed by atoms with van der Waals surface area (Å²) in [7, 11) is 1.81. The highest BCUT2D eigenvalue weighted by atomic mass is 15.6. The Morgan fingerprint density at radius 1 is 0.950 bits per heavy atom. The lowest BCUT2D eigenvalue weighted by atomic mass is 10.0. The molecule has 1 aromatic heterocycles. The number of benzene rings is 2. The third kappa shape index (κ3) is 2.66. The number of tetrazole rings is 1. The first-order valence-electron chi connectivity index (χ1n) is 6.43. The predicted octanol–water partition coefficient (Wildman–Crippen LogP) is 2.49. The molecule has 0 bridgehead atoms. The zero-order valence-corrected chi connectivity index (χ0v) is 11.2. The van der Waals surface area contributed by atoms with E-state index in [-0.39, 0.29) is 0 Å². The second kappa shape index (κ2) is 5.52. The van der Waals surface area contributed by atoms with Crippen LogP contribution < -0.4 is 5.32 Å². The van der Waals surface area contributed by atoms with Gasteiger partial charge in [-0.25, -0.2) is 4.68 Å². The number of aryl methyl sites for hydroxylation is 1. The maximum atomic E-state index is 3.89. The van der Waals surface area contributed by atoms with Crippen molar-refractivity contribution in [2.24, 2.45) is 7.05 Å². The average Bonchev–Trinajstić information content (AvgIpc) is 2.92. The number of hydrogen-bond acceptors (Lipinski definition) is 4. The van der Waals surface area contributed by atoms with Crippen molar-refractivity contribution in [3.05, 3.63) is 60.2 Å². The van der Waals surface area contributed by atoms with E-state index in [0.29, 0.717) is 12.5 Å². The van der Waals surface area contributed by atoms with Crippen LogP contribution in [0.25, 0.3) is 11.1 Å². The number of nitrogens with one attached hydrogen (secondary N) is 1. The van der Waals surface area contributed by atoms with Gasteiger partial charge in [0.2, 0.25) is 5.95 Å². The second-order valence-electron chi connectivity index (χ2n) is 4.54. The molecule has 0 fully saturated rings. The Labute approximate surface area is 117 Å². The highest BCUT2D eigenvalue weighted by Crippen LogP contribution is 2.19. The summed E-state index contributed by atoms with van der Waals surface area (Å²) in [5.74, 6) is 0.664. The van der Waals surface area contributed by atoms with E-state index >= 15 is 0 Å². The maximum Gasteiger partial charge on any atom is 0.242 e. The van der Waals surface area contributed by atoms with Gasteiger partial charge in [0, 0.05) is 13.6 Å². The zero-order valence-electron chi connectivity index (χ0n) is 11.2. The molecular weight excluding hydrogens is 250 g/mol. The molecule has 0 unspecified atom stereocenters. The Hall–Kier alpha value is -2.69. The van der Waals surface area contributed by atoms with Crippen LogP contribution in [0.3, 0.4) is 0 Å². The fourth-order valence-corrected chi connectivity index (χ4v) is 2.01. The Balaban J connectivity index is 1.69. The summed E-state index contributed by atoms with van der Waals surface area (Å²) < 4.78 is 1.61. The highest BCUT2D eigenvalue weighted by Gasteiger charge is 2.01. The van der Waals surface area contributed by atoms with Gasteiger partial charge in [-0.2, -0.15) is 0 Å². The van der Waals surface area contributed by atoms with Crippen LogP contribution in [0.4, 0.5) is 5.95 Å². The third-order valence-corrected chi connectivity index (χ3v) is 3.13. The minimum Gasteiger partial charge on any atom is -0.349 e. The van der Waals surface area contributed by atoms with E-state index in [2.05, 4.69) is 57.2 Å². The van der Waals surface area contributed by atoms with E-state index in [0.717, 1.165) is 0 Å². The van der Waals surface area contributed by atoms with Crippen LogP contribution in [-0.2, 0) is 13.6 Å². The minimum atomic E-state index is 0.664. The topological polar surface area (TPSA) is 55.6 Å². The molecule has 0 saturated heterocycles. The van der Waals surface area contributed by atoms with E-state index in [1.807, 2.05) is 18.2 Å². The van der Waals surface area contributed by atoms with E-state index < -0.39 is 0 Å². The van der Waals surface area contributed by atoms with Gasteiger partial charge in [0.05, 0.1) is 0 Å². The lowest BCUT2D eigenvalue weighted by Gasteiger charge is -2.06. The Bertz CT molecular complexity index is 673. The summed E-state index contributed by atoms with van der Waals surface area (Å²) in [6, 6.07) is 18.8. The molecule has 0 atom stereocenters. The van der Waals surface area contributed by atoms with Crippen molar-refractivity contribution < 1.29 is 0 Å². The van der Waals surface area contributed by atoms with Gasteiger partial charge in [-0.15, -0.1) is 0 Å². The molecule has 0 aliphatic rings. The van der Waals surface area contributed by atoms with E-state index in [4.69, 9.17) is 0 Å². The molecule has 3 aromatic rings. The molecule has 3 rings (SSSR count). The molecule has 0 radical (unpaired) electrons. The number of aromatic nitrogens is 4. The molecule has 100 valence electrons. The van der Waals surface area contributed by atoms with Crippen LogP contribution in [0.1, 0.15) is 5.56 Å². The minimum absolute atomic E-state index is 0.664. The van der Waals surface area contributed by atoms with Crippen molar-refractivity contribution in [1.82, 2.24) is 20.2 Å². The Morgan fingerprint density at radius 2 is 1.65 bits per heavy atom. The zero-order chi connectivity index (χ0) is 13.8. The van der Waals surface area contributed by atoms with E-state index in [9.17, 15) is 0 Å². The van der Waals surface area contributed by atoms with Crippen molar-refractivity contribution >= 4 is 5.95 Å². The highest BCUT2D eigenvalue weighted by molar-refractivity contribution is 5.63. The number of rotatable bonds is 4. The summed E-state index contributed by atoms with van der Waals surface area (Å²) in [6.45, 7) is 0.698. The summed E-state index contributed by atoms with van der Waals surface area (Å²) in [6.07, 6.45) is 0. The first-order chi connectivity index (χ1) is 9.83. The summed E-state index contributed by atoms with van der Waals surface area (Å²) in [5.41, 5.74) is 3.63. The summed E-state index contributed by atoms with van der Waals surface area (Å²) in [4.78, 5) is 0. The molecule has 0 spiro atoms. The standard InChI is InChI=1S/C15H15N5/c1-20-15(17-18-19-20)16-11-12-7-9-14(10-8-12)13-5-3-2-4-6-13/h2-10H,11H2,1H3,(H,16,17,19). The fourth-order valence-electron chi connectivity index (χ4n) is 2.01. The molecule has 1 heterocycles. The largest absolute Gasteiger partial charge is 0.349 e. The van der Waals surface area contributed by atoms with Gasteiger partial charge in [0.1, 0.15) is 0 Å². The number of anilines is 1. The molecule has 20 heavy (non-hydrogen) atoms. The molecule has 5 heteroatoms. The Kier molecular flexibility index (Phi) is 3.41. The molecular formula is C15H15N5. The van der Waals surface area contributed by atoms with Crippen molar-refractivity contribution in [1.29, 1.82) is 0 Å². The monoisotopic (exact) mass is 265 g/mol. The van der Waals surface area contributed by atoms with E-state index in [1.54, 1.807) is 11.7 Å². The summed E-state index contributed by atoms with van der Waals surface area (Å²) in [5, 5.41) is 14.4. The molecule has 5 nitrogen and oxygen atoms in total. The van der Waals surface area contributed by atoms with Crippen molar-refractivity contribution in [2.75, 3.05) is 5.32 Å². The normalized spacial score (nSPS) is 10.4. The smallest absolute Gasteiger partial charge is 0.242 e. The Morgan fingerprint density at radius 3 is 2.30 bits per heavy atom. The van der Waals surface area contributed by atoms with Gasteiger partial charge < -0.3 is 5.32 Å². The first kappa shape index (κ1) is 12.3. The maximum absolute atomic E-state index is 3.89. The lowest BCUT2D eigenvalue weighted by Crippen LogP contribution is -2.05. The molecule has 0 amide bonds. The molecule has 2 aromatic carbocycles. The van der Waals surface area contributed by atoms with Crippen LogP contribution in [0, 0.1) is 0 Å². The van der Waals surface area contributed by atoms with Crippen molar-refractivity contribution in [3.8, 4) is 11.1 Å². The van der Waals surface area contributed by atoms with Gasteiger partial charge in [0.25, 0.3) is 0 Å². The summed E-state index contributed by atoms with van der Waals surface area (Å²) >= 11 is 0. The second-order valence-corrected chi connectivity index (χ2v) is 4.54. The van der Waals surface area contributed by atoms with Gasteiger partial charge >= 0.3 is 0 Å². The number of hydrogen-bond donors (Lipinski definition) is 1. The molecule has 0 saturated carbocycles. The first-order valence-corrected chi connectivity index (χ1v) is 6.43. The quantitative estimate of drug-likeness (QED) is 0.787. The van der Waals surface area contributed by atoms with Crippen LogP contribution in [0.5, 0.6) is 0 Å². The van der Waals surface area contributed by atoms with E-state index in [1.165, 1.54) is 16.7 Å². The third-order valence-electron chi connectivity index (χ3n) is 3.13.